The van der Waals surface area contributed by atoms with Gasteiger partial charge < -0.3 is 14.9 Å². The first-order chi connectivity index (χ1) is 9.32. The molecule has 2 N–H and O–H groups in total. The summed E-state index contributed by atoms with van der Waals surface area (Å²) in [5, 5.41) is 20.2. The first kappa shape index (κ1) is 14.3. The highest BCUT2D eigenvalue weighted by Crippen LogP contribution is 2.39. The molecule has 2 aromatic carbocycles. The van der Waals surface area contributed by atoms with Crippen LogP contribution in [0, 0.1) is 0 Å². The largest absolute Gasteiger partial charge is 0.507 e. The van der Waals surface area contributed by atoms with Gasteiger partial charge in [0.05, 0.1) is 7.11 Å². The molecule has 0 saturated carbocycles. The molecule has 3 heteroatoms. The molecule has 0 unspecified atom stereocenters. The summed E-state index contributed by atoms with van der Waals surface area (Å²) in [7, 11) is 1.57. The molecule has 0 aliphatic rings. The number of hydrogen-bond donors (Lipinski definition) is 2. The number of benzene rings is 2. The van der Waals surface area contributed by atoms with Crippen LogP contribution in [0.25, 0.3) is 11.1 Å². The normalized spacial score (nSPS) is 11.4. The first-order valence-electron chi connectivity index (χ1n) is 6.54. The standard InChI is InChI=1S/C17H20O3/c1-17(2,3)11-5-7-13(16(19)9-11)14-10-12(20-4)6-8-15(14)18/h5-10,18-19H,1-4H3. The average molecular weight is 272 g/mol. The third-order valence-corrected chi connectivity index (χ3v) is 3.36. The topological polar surface area (TPSA) is 49.7 Å². The second-order valence-corrected chi connectivity index (χ2v) is 5.87. The lowest BCUT2D eigenvalue weighted by Crippen LogP contribution is -2.10. The van der Waals surface area contributed by atoms with Crippen molar-refractivity contribution >= 4 is 0 Å². The van der Waals surface area contributed by atoms with E-state index >= 15 is 0 Å². The number of ether oxygens (including phenoxy) is 1. The fourth-order valence-electron chi connectivity index (χ4n) is 2.08. The van der Waals surface area contributed by atoms with Crippen LogP contribution in [0.3, 0.4) is 0 Å². The molecule has 0 aliphatic carbocycles. The lowest BCUT2D eigenvalue weighted by molar-refractivity contribution is 0.412. The second-order valence-electron chi connectivity index (χ2n) is 5.87. The lowest BCUT2D eigenvalue weighted by atomic mass is 9.86. The minimum Gasteiger partial charge on any atom is -0.507 e. The molecule has 3 nitrogen and oxygen atoms in total. The highest BCUT2D eigenvalue weighted by molar-refractivity contribution is 5.76. The summed E-state index contributed by atoms with van der Waals surface area (Å²) < 4.78 is 5.16. The molecule has 2 aromatic rings. The van der Waals surface area contributed by atoms with Gasteiger partial charge in [-0.3, -0.25) is 0 Å². The van der Waals surface area contributed by atoms with E-state index < -0.39 is 0 Å². The fourth-order valence-corrected chi connectivity index (χ4v) is 2.08. The van der Waals surface area contributed by atoms with Gasteiger partial charge in [-0.05, 0) is 35.2 Å². The van der Waals surface area contributed by atoms with E-state index in [1.165, 1.54) is 0 Å². The summed E-state index contributed by atoms with van der Waals surface area (Å²) in [6, 6.07) is 10.5. The van der Waals surface area contributed by atoms with Crippen LogP contribution in [-0.4, -0.2) is 17.3 Å². The summed E-state index contributed by atoms with van der Waals surface area (Å²) in [5.74, 6) is 0.905. The summed E-state index contributed by atoms with van der Waals surface area (Å²) in [5.41, 5.74) is 2.16. The zero-order chi connectivity index (χ0) is 14.9. The van der Waals surface area contributed by atoms with Gasteiger partial charge in [-0.2, -0.15) is 0 Å². The van der Waals surface area contributed by atoms with Crippen molar-refractivity contribution in [1.82, 2.24) is 0 Å². The summed E-state index contributed by atoms with van der Waals surface area (Å²) in [6.07, 6.45) is 0. The van der Waals surface area contributed by atoms with Crippen molar-refractivity contribution < 1.29 is 14.9 Å². The highest BCUT2D eigenvalue weighted by Gasteiger charge is 2.17. The number of rotatable bonds is 2. The van der Waals surface area contributed by atoms with Crippen molar-refractivity contribution in [3.63, 3.8) is 0 Å². The van der Waals surface area contributed by atoms with Crippen LogP contribution in [0.1, 0.15) is 26.3 Å². The van der Waals surface area contributed by atoms with E-state index in [9.17, 15) is 10.2 Å². The van der Waals surface area contributed by atoms with Gasteiger partial charge in [0.2, 0.25) is 0 Å². The van der Waals surface area contributed by atoms with Gasteiger partial charge in [0.15, 0.2) is 0 Å². The molecule has 0 fully saturated rings. The average Bonchev–Trinajstić information content (AvgIpc) is 2.38. The Morgan fingerprint density at radius 3 is 2.10 bits per heavy atom. The van der Waals surface area contributed by atoms with Crippen LogP contribution >= 0.6 is 0 Å². The van der Waals surface area contributed by atoms with E-state index in [0.29, 0.717) is 16.9 Å². The molecule has 0 bridgehead atoms. The van der Waals surface area contributed by atoms with Crippen LogP contribution in [0.2, 0.25) is 0 Å². The van der Waals surface area contributed by atoms with E-state index in [4.69, 9.17) is 4.74 Å². The number of hydrogen-bond acceptors (Lipinski definition) is 3. The molecule has 0 radical (unpaired) electrons. The molecule has 0 aromatic heterocycles. The fraction of sp³-hybridized carbons (Fsp3) is 0.294. The van der Waals surface area contributed by atoms with Gasteiger partial charge in [-0.15, -0.1) is 0 Å². The summed E-state index contributed by atoms with van der Waals surface area (Å²) >= 11 is 0. The number of phenols is 2. The maximum Gasteiger partial charge on any atom is 0.123 e. The van der Waals surface area contributed by atoms with Gasteiger partial charge >= 0.3 is 0 Å². The van der Waals surface area contributed by atoms with Gasteiger partial charge in [0, 0.05) is 11.1 Å². The Labute approximate surface area is 119 Å². The van der Waals surface area contributed by atoms with Crippen LogP contribution in [0.5, 0.6) is 17.2 Å². The molecule has 0 amide bonds. The van der Waals surface area contributed by atoms with Crippen molar-refractivity contribution in [2.75, 3.05) is 7.11 Å². The minimum absolute atomic E-state index is 0.0353. The van der Waals surface area contributed by atoms with Gasteiger partial charge in [0.25, 0.3) is 0 Å². The number of phenolic OH excluding ortho intramolecular Hbond substituents is 2. The molecular weight excluding hydrogens is 252 g/mol. The molecule has 0 spiro atoms. The second kappa shape index (κ2) is 5.08. The van der Waals surface area contributed by atoms with Crippen molar-refractivity contribution in [3.05, 3.63) is 42.0 Å². The molecule has 0 atom stereocenters. The Morgan fingerprint density at radius 1 is 0.850 bits per heavy atom. The maximum absolute atomic E-state index is 10.2. The van der Waals surface area contributed by atoms with Crippen molar-refractivity contribution in [1.29, 1.82) is 0 Å². The predicted octanol–water partition coefficient (Wildman–Crippen LogP) is 4.07. The zero-order valence-electron chi connectivity index (χ0n) is 12.3. The Bertz CT molecular complexity index is 625. The third kappa shape index (κ3) is 2.72. The quantitative estimate of drug-likeness (QED) is 0.866. The van der Waals surface area contributed by atoms with Crippen LogP contribution in [-0.2, 0) is 5.41 Å². The molecule has 0 heterocycles. The molecular formula is C17H20O3. The molecule has 2 rings (SSSR count). The SMILES string of the molecule is COc1ccc(O)c(-c2ccc(C(C)(C)C)cc2O)c1. The number of aromatic hydroxyl groups is 2. The molecule has 0 saturated heterocycles. The highest BCUT2D eigenvalue weighted by atomic mass is 16.5. The van der Waals surface area contributed by atoms with Crippen molar-refractivity contribution in [2.24, 2.45) is 0 Å². The van der Waals surface area contributed by atoms with E-state index in [1.54, 1.807) is 31.4 Å². The van der Waals surface area contributed by atoms with Gasteiger partial charge in [-0.1, -0.05) is 32.9 Å². The Hall–Kier alpha value is -2.16. The lowest BCUT2D eigenvalue weighted by Gasteiger charge is -2.20. The zero-order valence-corrected chi connectivity index (χ0v) is 12.3. The Morgan fingerprint density at radius 2 is 1.55 bits per heavy atom. The minimum atomic E-state index is -0.0353. The Kier molecular flexibility index (Phi) is 3.62. The number of methoxy groups -OCH3 is 1. The van der Waals surface area contributed by atoms with E-state index in [0.717, 1.165) is 5.56 Å². The monoisotopic (exact) mass is 272 g/mol. The maximum atomic E-state index is 10.2. The van der Waals surface area contributed by atoms with Crippen LogP contribution in [0.15, 0.2) is 36.4 Å². The Balaban J connectivity index is 2.54. The third-order valence-electron chi connectivity index (χ3n) is 3.36. The van der Waals surface area contributed by atoms with Crippen molar-refractivity contribution in [3.8, 4) is 28.4 Å². The van der Waals surface area contributed by atoms with E-state index in [-0.39, 0.29) is 16.9 Å². The van der Waals surface area contributed by atoms with Crippen LogP contribution < -0.4 is 4.74 Å². The smallest absolute Gasteiger partial charge is 0.123 e. The summed E-state index contributed by atoms with van der Waals surface area (Å²) in [6.45, 7) is 6.26. The van der Waals surface area contributed by atoms with Gasteiger partial charge in [0.1, 0.15) is 17.2 Å². The van der Waals surface area contributed by atoms with E-state index in [2.05, 4.69) is 20.8 Å². The van der Waals surface area contributed by atoms with Crippen molar-refractivity contribution in [2.45, 2.75) is 26.2 Å². The predicted molar refractivity (Wildman–Crippen MR) is 80.5 cm³/mol. The van der Waals surface area contributed by atoms with E-state index in [1.807, 2.05) is 12.1 Å². The molecule has 106 valence electrons. The van der Waals surface area contributed by atoms with Gasteiger partial charge in [-0.25, -0.2) is 0 Å². The first-order valence-corrected chi connectivity index (χ1v) is 6.54. The molecule has 20 heavy (non-hydrogen) atoms. The molecule has 0 aliphatic heterocycles. The summed E-state index contributed by atoms with van der Waals surface area (Å²) in [4.78, 5) is 0. The van der Waals surface area contributed by atoms with Crippen LogP contribution in [0.4, 0.5) is 0 Å².